The van der Waals surface area contributed by atoms with E-state index in [0.29, 0.717) is 18.0 Å². The highest BCUT2D eigenvalue weighted by Gasteiger charge is 2.15. The molecular formula is C21H28N4O2. The van der Waals surface area contributed by atoms with Gasteiger partial charge in [0.25, 0.3) is 5.91 Å². The molecule has 144 valence electrons. The zero-order valence-electron chi connectivity index (χ0n) is 16.1. The van der Waals surface area contributed by atoms with Crippen molar-refractivity contribution in [2.45, 2.75) is 20.3 Å². The van der Waals surface area contributed by atoms with Crippen LogP contribution in [-0.4, -0.2) is 43.7 Å². The summed E-state index contributed by atoms with van der Waals surface area (Å²) in [5.74, 6) is 0.473. The lowest BCUT2D eigenvalue weighted by atomic mass is 10.1. The van der Waals surface area contributed by atoms with E-state index in [2.05, 4.69) is 40.4 Å². The van der Waals surface area contributed by atoms with E-state index in [1.54, 1.807) is 12.4 Å². The smallest absolute Gasteiger partial charge is 0.252 e. The first kappa shape index (κ1) is 19.2. The van der Waals surface area contributed by atoms with E-state index in [1.165, 1.54) is 0 Å². The number of benzene rings is 1. The van der Waals surface area contributed by atoms with Crippen LogP contribution >= 0.6 is 0 Å². The summed E-state index contributed by atoms with van der Waals surface area (Å²) in [7, 11) is 0. The Bertz CT molecular complexity index is 757. The van der Waals surface area contributed by atoms with Gasteiger partial charge in [0, 0.05) is 25.8 Å². The zero-order chi connectivity index (χ0) is 19.1. The number of rotatable bonds is 7. The quantitative estimate of drug-likeness (QED) is 0.784. The lowest BCUT2D eigenvalue weighted by Gasteiger charge is -2.30. The molecule has 1 aromatic heterocycles. The topological polar surface area (TPSA) is 66.5 Å². The van der Waals surface area contributed by atoms with E-state index in [0.717, 1.165) is 49.8 Å². The molecule has 6 heteroatoms. The summed E-state index contributed by atoms with van der Waals surface area (Å²) in [5.41, 5.74) is 3.49. The molecular weight excluding hydrogens is 340 g/mol. The first-order chi connectivity index (χ1) is 13.1. The van der Waals surface area contributed by atoms with Crippen LogP contribution in [0.1, 0.15) is 30.6 Å². The summed E-state index contributed by atoms with van der Waals surface area (Å²) in [6, 6.07) is 10.0. The highest BCUT2D eigenvalue weighted by atomic mass is 16.5. The van der Waals surface area contributed by atoms with Gasteiger partial charge in [-0.3, -0.25) is 9.78 Å². The van der Waals surface area contributed by atoms with Gasteiger partial charge >= 0.3 is 0 Å². The van der Waals surface area contributed by atoms with Crippen molar-refractivity contribution < 1.29 is 9.53 Å². The SMILES string of the molecule is CC(C)CCNC(=O)c1cncc(Nc2ccccc2N2CCOCC2)c1. The van der Waals surface area contributed by atoms with Gasteiger partial charge in [-0.05, 0) is 30.5 Å². The monoisotopic (exact) mass is 368 g/mol. The van der Waals surface area contributed by atoms with Crippen molar-refractivity contribution in [3.63, 3.8) is 0 Å². The van der Waals surface area contributed by atoms with Crippen molar-refractivity contribution in [1.29, 1.82) is 0 Å². The Morgan fingerprint density at radius 2 is 2.00 bits per heavy atom. The highest BCUT2D eigenvalue weighted by Crippen LogP contribution is 2.29. The number of amides is 1. The van der Waals surface area contributed by atoms with Gasteiger partial charge in [0.2, 0.25) is 0 Å². The number of nitrogens with one attached hydrogen (secondary N) is 2. The molecule has 1 aliphatic rings. The zero-order valence-corrected chi connectivity index (χ0v) is 16.1. The predicted octanol–water partition coefficient (Wildman–Crippen LogP) is 3.44. The molecule has 2 N–H and O–H groups in total. The normalized spacial score (nSPS) is 14.3. The summed E-state index contributed by atoms with van der Waals surface area (Å²) < 4.78 is 5.45. The van der Waals surface area contributed by atoms with Gasteiger partial charge in [-0.2, -0.15) is 0 Å². The highest BCUT2D eigenvalue weighted by molar-refractivity contribution is 5.95. The summed E-state index contributed by atoms with van der Waals surface area (Å²) >= 11 is 0. The number of anilines is 3. The number of hydrogen-bond donors (Lipinski definition) is 2. The molecule has 0 unspecified atom stereocenters. The molecule has 0 atom stereocenters. The van der Waals surface area contributed by atoms with Crippen LogP contribution in [0.2, 0.25) is 0 Å². The molecule has 1 amide bonds. The van der Waals surface area contributed by atoms with E-state index in [-0.39, 0.29) is 5.91 Å². The van der Waals surface area contributed by atoms with E-state index in [1.807, 2.05) is 24.3 Å². The van der Waals surface area contributed by atoms with Crippen LogP contribution in [0.4, 0.5) is 17.1 Å². The van der Waals surface area contributed by atoms with Crippen LogP contribution in [0.15, 0.2) is 42.7 Å². The van der Waals surface area contributed by atoms with Crippen LogP contribution in [0.5, 0.6) is 0 Å². The first-order valence-electron chi connectivity index (χ1n) is 9.55. The minimum Gasteiger partial charge on any atom is -0.378 e. The number of ether oxygens (including phenoxy) is 1. The first-order valence-corrected chi connectivity index (χ1v) is 9.55. The van der Waals surface area contributed by atoms with Crippen LogP contribution in [0.3, 0.4) is 0 Å². The average Bonchev–Trinajstić information content (AvgIpc) is 2.69. The van der Waals surface area contributed by atoms with Crippen LogP contribution in [0.25, 0.3) is 0 Å². The van der Waals surface area contributed by atoms with Gasteiger partial charge < -0.3 is 20.3 Å². The molecule has 27 heavy (non-hydrogen) atoms. The van der Waals surface area contributed by atoms with Gasteiger partial charge in [-0.1, -0.05) is 26.0 Å². The molecule has 3 rings (SSSR count). The third-order valence-electron chi connectivity index (χ3n) is 4.54. The summed E-state index contributed by atoms with van der Waals surface area (Å²) in [4.78, 5) is 18.9. The van der Waals surface area contributed by atoms with E-state index < -0.39 is 0 Å². The maximum absolute atomic E-state index is 12.3. The number of morpholine rings is 1. The van der Waals surface area contributed by atoms with Crippen LogP contribution in [-0.2, 0) is 4.74 Å². The van der Waals surface area contributed by atoms with Crippen molar-refractivity contribution in [2.24, 2.45) is 5.92 Å². The minimum atomic E-state index is -0.0896. The Hall–Kier alpha value is -2.60. The second-order valence-electron chi connectivity index (χ2n) is 7.14. The molecule has 2 aromatic rings. The maximum Gasteiger partial charge on any atom is 0.252 e. The van der Waals surface area contributed by atoms with Crippen molar-refractivity contribution in [3.8, 4) is 0 Å². The molecule has 2 heterocycles. The Labute approximate surface area is 160 Å². The molecule has 1 fully saturated rings. The van der Waals surface area contributed by atoms with Crippen LogP contribution < -0.4 is 15.5 Å². The Morgan fingerprint density at radius 3 is 2.78 bits per heavy atom. The number of carbonyl (C=O) groups is 1. The molecule has 1 saturated heterocycles. The van der Waals surface area contributed by atoms with Crippen LogP contribution in [0, 0.1) is 5.92 Å². The molecule has 0 aliphatic carbocycles. The Balaban J connectivity index is 1.70. The lowest BCUT2D eigenvalue weighted by Crippen LogP contribution is -2.36. The molecule has 6 nitrogen and oxygen atoms in total. The average molecular weight is 368 g/mol. The number of pyridine rings is 1. The largest absolute Gasteiger partial charge is 0.378 e. The molecule has 1 aromatic carbocycles. The molecule has 0 radical (unpaired) electrons. The molecule has 0 bridgehead atoms. The fourth-order valence-electron chi connectivity index (χ4n) is 3.02. The predicted molar refractivity (Wildman–Crippen MR) is 109 cm³/mol. The van der Waals surface area contributed by atoms with Gasteiger partial charge in [0.05, 0.1) is 42.0 Å². The van der Waals surface area contributed by atoms with Gasteiger partial charge in [0.15, 0.2) is 0 Å². The molecule has 1 aliphatic heterocycles. The van der Waals surface area contributed by atoms with Crippen molar-refractivity contribution >= 4 is 23.0 Å². The third kappa shape index (κ3) is 5.44. The van der Waals surface area contributed by atoms with Crippen molar-refractivity contribution in [1.82, 2.24) is 10.3 Å². The number of nitrogens with zero attached hydrogens (tertiary/aromatic N) is 2. The second kappa shape index (κ2) is 9.37. The molecule has 0 spiro atoms. The Kier molecular flexibility index (Phi) is 6.65. The fraction of sp³-hybridized carbons (Fsp3) is 0.429. The van der Waals surface area contributed by atoms with Gasteiger partial charge in [0.1, 0.15) is 0 Å². The standard InChI is InChI=1S/C21H28N4O2/c1-16(2)7-8-23-21(26)17-13-18(15-22-14-17)24-19-5-3-4-6-20(19)25-9-11-27-12-10-25/h3-6,13-16,24H,7-12H2,1-2H3,(H,23,26). The van der Waals surface area contributed by atoms with Crippen molar-refractivity contribution in [3.05, 3.63) is 48.3 Å². The Morgan fingerprint density at radius 1 is 1.22 bits per heavy atom. The third-order valence-corrected chi connectivity index (χ3v) is 4.54. The number of carbonyl (C=O) groups excluding carboxylic acids is 1. The second-order valence-corrected chi connectivity index (χ2v) is 7.14. The van der Waals surface area contributed by atoms with Gasteiger partial charge in [-0.25, -0.2) is 0 Å². The minimum absolute atomic E-state index is 0.0896. The number of hydrogen-bond acceptors (Lipinski definition) is 5. The lowest BCUT2D eigenvalue weighted by molar-refractivity contribution is 0.0951. The van der Waals surface area contributed by atoms with E-state index >= 15 is 0 Å². The van der Waals surface area contributed by atoms with E-state index in [9.17, 15) is 4.79 Å². The van der Waals surface area contributed by atoms with Crippen molar-refractivity contribution in [2.75, 3.05) is 43.1 Å². The van der Waals surface area contributed by atoms with Gasteiger partial charge in [-0.15, -0.1) is 0 Å². The molecule has 0 saturated carbocycles. The summed E-state index contributed by atoms with van der Waals surface area (Å²) in [6.07, 6.45) is 4.30. The van der Waals surface area contributed by atoms with E-state index in [4.69, 9.17) is 4.74 Å². The number of para-hydroxylation sites is 2. The maximum atomic E-state index is 12.3. The fourth-order valence-corrected chi connectivity index (χ4v) is 3.02. The summed E-state index contributed by atoms with van der Waals surface area (Å²) in [6.45, 7) is 8.18. The number of aromatic nitrogens is 1. The summed E-state index contributed by atoms with van der Waals surface area (Å²) in [5, 5.41) is 6.37.